The monoisotopic (exact) mass is 113 g/mol. The van der Waals surface area contributed by atoms with Crippen molar-refractivity contribution >= 4 is 0 Å². The van der Waals surface area contributed by atoms with Crippen LogP contribution in [0.4, 0.5) is 0 Å². The van der Waals surface area contributed by atoms with Crippen LogP contribution in [0.15, 0.2) is 0 Å². The van der Waals surface area contributed by atoms with Gasteiger partial charge < -0.3 is 11.8 Å². The fourth-order valence-electron chi connectivity index (χ4n) is 0. The second kappa shape index (κ2) is 21.1. The first-order chi connectivity index (χ1) is 1.00. The zero-order valence-corrected chi connectivity index (χ0v) is 7.13. The van der Waals surface area contributed by atoms with Crippen molar-refractivity contribution < 1.29 is 73.1 Å². The fraction of sp³-hybridized carbons (Fsp3) is 0. The van der Waals surface area contributed by atoms with Crippen LogP contribution in [0, 0.1) is 11.8 Å². The Morgan fingerprint density at radius 1 is 1.25 bits per heavy atom. The summed E-state index contributed by atoms with van der Waals surface area (Å²) < 4.78 is 0. The normalized spacial score (nSPS) is 0.500. The fourth-order valence-corrected chi connectivity index (χ4v) is 0. The van der Waals surface area contributed by atoms with Crippen molar-refractivity contribution in [2.45, 2.75) is 0 Å². The Balaban J connectivity index is -0.00000000500. The van der Waals surface area contributed by atoms with Crippen LogP contribution in [0.2, 0.25) is 0 Å². The predicted octanol–water partition coefficient (Wildman–Crippen LogP) is -2.90. The van der Waals surface area contributed by atoms with Gasteiger partial charge >= 0.3 is 51.4 Å². The summed E-state index contributed by atoms with van der Waals surface area (Å²) in [5.41, 5.74) is 0. The molecular formula is CKNTi. The first-order valence-electron chi connectivity index (χ1n) is 0.224. The molecule has 0 unspecified atom stereocenters. The molecular weight excluding hydrogens is 113 g/mol. The predicted molar refractivity (Wildman–Crippen MR) is 4.97 cm³/mol. The van der Waals surface area contributed by atoms with Crippen molar-refractivity contribution in [1.29, 1.82) is 5.26 Å². The number of hydrogen-bond donors (Lipinski definition) is 0. The molecule has 1 nitrogen and oxygen atoms in total. The molecule has 0 aliphatic rings. The van der Waals surface area contributed by atoms with E-state index in [9.17, 15) is 0 Å². The van der Waals surface area contributed by atoms with Gasteiger partial charge in [0.05, 0.1) is 0 Å². The molecule has 0 aromatic heterocycles. The van der Waals surface area contributed by atoms with Gasteiger partial charge in [-0.2, -0.15) is 0 Å². The molecule has 0 spiro atoms. The van der Waals surface area contributed by atoms with Gasteiger partial charge in [0.25, 0.3) is 0 Å². The summed E-state index contributed by atoms with van der Waals surface area (Å²) in [7, 11) is 0. The Bertz CT molecular complexity index is 12.8. The van der Waals surface area contributed by atoms with Crippen LogP contribution >= 0.6 is 0 Å². The van der Waals surface area contributed by atoms with Crippen LogP contribution in [-0.2, 0) is 21.7 Å². The molecule has 0 atom stereocenters. The minimum atomic E-state index is 0. The molecule has 0 aliphatic carbocycles. The molecule has 0 saturated heterocycles. The molecule has 0 radical (unpaired) electrons. The van der Waals surface area contributed by atoms with Crippen molar-refractivity contribution in [2.24, 2.45) is 0 Å². The first-order valence-corrected chi connectivity index (χ1v) is 0.224. The number of nitrogens with zero attached hydrogens (tertiary/aromatic N) is 1. The average Bonchev–Trinajstić information content (AvgIpc) is 1.00. The molecule has 0 fully saturated rings. The van der Waals surface area contributed by atoms with E-state index in [1.54, 1.807) is 0 Å². The topological polar surface area (TPSA) is 23.8 Å². The molecule has 0 saturated carbocycles. The van der Waals surface area contributed by atoms with Crippen LogP contribution in [0.25, 0.3) is 0 Å². The van der Waals surface area contributed by atoms with E-state index in [0.29, 0.717) is 0 Å². The Kier molecular flexibility index (Phi) is 89.4. The summed E-state index contributed by atoms with van der Waals surface area (Å²) in [5.74, 6) is 0. The second-order valence-electron chi connectivity index (χ2n) is 0. The molecule has 0 aliphatic heterocycles. The maximum absolute atomic E-state index is 6.25. The minimum absolute atomic E-state index is 0. The van der Waals surface area contributed by atoms with Gasteiger partial charge in [0, 0.05) is 21.7 Å². The zero-order chi connectivity index (χ0) is 2.00. The van der Waals surface area contributed by atoms with Crippen molar-refractivity contribution in [1.82, 2.24) is 0 Å². The van der Waals surface area contributed by atoms with Crippen LogP contribution in [0.5, 0.6) is 0 Å². The summed E-state index contributed by atoms with van der Waals surface area (Å²) in [6.45, 7) is 4.75. The zero-order valence-electron chi connectivity index (χ0n) is 2.45. The Morgan fingerprint density at radius 2 is 1.25 bits per heavy atom. The first kappa shape index (κ1) is 17.0. The van der Waals surface area contributed by atoms with Gasteiger partial charge in [0.2, 0.25) is 0 Å². The molecule has 0 heterocycles. The SMILES string of the molecule is [C-]#N.[K+].[Ti]. The van der Waals surface area contributed by atoms with E-state index in [-0.39, 0.29) is 73.1 Å². The third kappa shape index (κ3) is 9.15. The van der Waals surface area contributed by atoms with E-state index < -0.39 is 0 Å². The van der Waals surface area contributed by atoms with Crippen molar-refractivity contribution in [3.8, 4) is 0 Å². The van der Waals surface area contributed by atoms with Crippen molar-refractivity contribution in [3.63, 3.8) is 0 Å². The van der Waals surface area contributed by atoms with Crippen LogP contribution < -0.4 is 51.4 Å². The van der Waals surface area contributed by atoms with Gasteiger partial charge in [0.1, 0.15) is 0 Å². The van der Waals surface area contributed by atoms with E-state index >= 15 is 0 Å². The van der Waals surface area contributed by atoms with E-state index in [1.165, 1.54) is 0 Å². The van der Waals surface area contributed by atoms with Crippen molar-refractivity contribution in [2.75, 3.05) is 0 Å². The van der Waals surface area contributed by atoms with Crippen LogP contribution in [-0.4, -0.2) is 0 Å². The Labute approximate surface area is 83.1 Å². The Morgan fingerprint density at radius 3 is 1.25 bits per heavy atom. The summed E-state index contributed by atoms with van der Waals surface area (Å²) >= 11 is 0. The molecule has 14 valence electrons. The van der Waals surface area contributed by atoms with E-state index in [0.717, 1.165) is 0 Å². The maximum Gasteiger partial charge on any atom is 1.00 e. The summed E-state index contributed by atoms with van der Waals surface area (Å²) in [6, 6.07) is 0. The van der Waals surface area contributed by atoms with E-state index in [2.05, 4.69) is 0 Å². The van der Waals surface area contributed by atoms with E-state index in [1.807, 2.05) is 0 Å². The summed E-state index contributed by atoms with van der Waals surface area (Å²) in [5, 5.41) is 6.25. The molecule has 0 rings (SSSR count). The average molecular weight is 113 g/mol. The molecule has 0 aromatic carbocycles. The number of rotatable bonds is 0. The smallest absolute Gasteiger partial charge is 0.512 e. The van der Waals surface area contributed by atoms with Gasteiger partial charge in [-0.05, 0) is 0 Å². The van der Waals surface area contributed by atoms with Crippen LogP contribution in [0.3, 0.4) is 0 Å². The molecule has 0 amide bonds. The molecule has 4 heavy (non-hydrogen) atoms. The van der Waals surface area contributed by atoms with E-state index in [4.69, 9.17) is 11.8 Å². The number of hydrogen-bond acceptors (Lipinski definition) is 1. The third-order valence-corrected chi connectivity index (χ3v) is 0. The molecule has 0 N–H and O–H groups in total. The third-order valence-electron chi connectivity index (χ3n) is 0. The Hall–Kier alpha value is 1.84. The van der Waals surface area contributed by atoms with Gasteiger partial charge in [0.15, 0.2) is 0 Å². The standard InChI is InChI=1S/CN.K.Ti/c1-2;;/q-1;+1;. The quantitative estimate of drug-likeness (QED) is 0.244. The van der Waals surface area contributed by atoms with Crippen molar-refractivity contribution in [3.05, 3.63) is 6.57 Å². The molecule has 3 heteroatoms. The van der Waals surface area contributed by atoms with Gasteiger partial charge in [-0.1, -0.05) is 0 Å². The van der Waals surface area contributed by atoms with Gasteiger partial charge in [-0.25, -0.2) is 0 Å². The molecule has 0 bridgehead atoms. The van der Waals surface area contributed by atoms with Crippen LogP contribution in [0.1, 0.15) is 0 Å². The molecule has 0 aromatic rings. The summed E-state index contributed by atoms with van der Waals surface area (Å²) in [4.78, 5) is 0. The second-order valence-corrected chi connectivity index (χ2v) is 0. The minimum Gasteiger partial charge on any atom is -0.512 e. The van der Waals surface area contributed by atoms with Gasteiger partial charge in [-0.3, -0.25) is 0 Å². The largest absolute Gasteiger partial charge is 1.00 e. The van der Waals surface area contributed by atoms with Gasteiger partial charge in [-0.15, -0.1) is 0 Å². The maximum atomic E-state index is 6.25. The summed E-state index contributed by atoms with van der Waals surface area (Å²) in [6.07, 6.45) is 0.